The Morgan fingerprint density at radius 3 is 0.922 bits per heavy atom. The van der Waals surface area contributed by atoms with Crippen molar-refractivity contribution in [3.8, 4) is 48.6 Å². The molecule has 0 atom stereocenters. The van der Waals surface area contributed by atoms with Crippen molar-refractivity contribution in [3.05, 3.63) is 141 Å². The van der Waals surface area contributed by atoms with Crippen molar-refractivity contribution in [3.63, 3.8) is 0 Å². The fraction of sp³-hybridized carbons (Fsp3) is 0.111. The number of rotatable bonds is 8. The van der Waals surface area contributed by atoms with Crippen LogP contribution in [-0.4, -0.2) is 28.2 Å². The molecule has 0 amide bonds. The minimum atomic E-state index is -0.272. The van der Waals surface area contributed by atoms with E-state index in [1.54, 1.807) is 24.3 Å². The van der Waals surface area contributed by atoms with Gasteiger partial charge in [-0.2, -0.15) is 42.1 Å². The molecule has 0 saturated carbocycles. The van der Waals surface area contributed by atoms with Gasteiger partial charge in [0.2, 0.25) is 0 Å². The quantitative estimate of drug-likeness (QED) is 0.0807. The lowest BCUT2D eigenvalue weighted by atomic mass is 9.80. The van der Waals surface area contributed by atoms with Crippen LogP contribution in [0.2, 0.25) is 0 Å². The van der Waals surface area contributed by atoms with E-state index >= 15 is 0 Å². The van der Waals surface area contributed by atoms with Gasteiger partial charge in [0.1, 0.15) is 70.8 Å². The SMILES string of the molecule is Cc1c(C(=C(C#N)C#N)C(=C(C#N)C#N)c2ccc(N(C)C)cc2)c2ccc3ccc4c(C(=C(C#N)C#N)C(=C(C#N)C#N)c5ccc(N(C)C)cc5)c(C)c5ccc1c1c2c3c4c51. The molecule has 10 heteroatoms. The van der Waals surface area contributed by atoms with E-state index in [0.717, 1.165) is 65.6 Å². The Balaban J connectivity index is 1.57. The highest BCUT2D eigenvalue weighted by molar-refractivity contribution is 6.47. The van der Waals surface area contributed by atoms with Gasteiger partial charge in [0.15, 0.2) is 0 Å². The van der Waals surface area contributed by atoms with Crippen molar-refractivity contribution in [2.45, 2.75) is 13.8 Å². The van der Waals surface area contributed by atoms with Crippen LogP contribution >= 0.6 is 0 Å². The van der Waals surface area contributed by atoms with Gasteiger partial charge in [-0.05, 0) is 125 Å². The zero-order valence-corrected chi connectivity index (χ0v) is 35.6. The van der Waals surface area contributed by atoms with Gasteiger partial charge in [-0.1, -0.05) is 60.7 Å². The van der Waals surface area contributed by atoms with E-state index in [4.69, 9.17) is 0 Å². The molecule has 64 heavy (non-hydrogen) atoms. The molecular formula is C54H32N10. The summed E-state index contributed by atoms with van der Waals surface area (Å²) in [6.07, 6.45) is 0. The van der Waals surface area contributed by atoms with E-state index < -0.39 is 0 Å². The van der Waals surface area contributed by atoms with Gasteiger partial charge in [-0.3, -0.25) is 0 Å². The minimum Gasteiger partial charge on any atom is -0.378 e. The summed E-state index contributed by atoms with van der Waals surface area (Å²) in [4.78, 5) is 3.82. The number of anilines is 2. The molecule has 0 fully saturated rings. The summed E-state index contributed by atoms with van der Waals surface area (Å²) in [5, 5.41) is 92.7. The first kappa shape index (κ1) is 41.1. The second kappa shape index (κ2) is 15.7. The van der Waals surface area contributed by atoms with Gasteiger partial charge >= 0.3 is 0 Å². The average Bonchev–Trinajstić information content (AvgIpc) is 3.68. The summed E-state index contributed by atoms with van der Waals surface area (Å²) in [6.45, 7) is 3.83. The summed E-state index contributed by atoms with van der Waals surface area (Å²) in [7, 11) is 7.56. The van der Waals surface area contributed by atoms with Crippen LogP contribution in [0, 0.1) is 104 Å². The number of hydrogen-bond donors (Lipinski definition) is 0. The van der Waals surface area contributed by atoms with E-state index in [2.05, 4.69) is 24.3 Å². The lowest BCUT2D eigenvalue weighted by molar-refractivity contribution is 1.13. The van der Waals surface area contributed by atoms with Crippen LogP contribution < -0.4 is 9.80 Å². The molecule has 8 aromatic carbocycles. The molecule has 0 saturated heterocycles. The van der Waals surface area contributed by atoms with Crippen LogP contribution in [0.15, 0.2) is 107 Å². The van der Waals surface area contributed by atoms with Crippen LogP contribution in [-0.2, 0) is 0 Å². The number of nitrogens with zero attached hydrogens (tertiary/aromatic N) is 10. The van der Waals surface area contributed by atoms with Crippen molar-refractivity contribution >= 4 is 87.5 Å². The second-order valence-electron chi connectivity index (χ2n) is 15.8. The zero-order chi connectivity index (χ0) is 45.7. The number of hydrogen-bond acceptors (Lipinski definition) is 10. The van der Waals surface area contributed by atoms with Crippen LogP contribution in [0.5, 0.6) is 0 Å². The standard InChI is InChI=1S/C54H32N10/c1-29-40-19-20-41-30(2)45(50(37(27-61)28-62)47(35(23-57)24-58)32-9-15-39(16-10-32)64(5)6)43-18-12-33-11-17-42(53-48(33)54(43)52(41)51(40)53)44(29)49(36(25-59)26-60)46(34(21-55)22-56)31-7-13-38(14-8-31)63(3)4/h7-20H,1-6H3. The lowest BCUT2D eigenvalue weighted by Gasteiger charge is -2.22. The Hall–Kier alpha value is -9.68. The third-order valence-electron chi connectivity index (χ3n) is 12.2. The number of allylic oxidation sites excluding steroid dienone is 8. The van der Waals surface area contributed by atoms with Gasteiger partial charge < -0.3 is 9.80 Å². The molecule has 8 aromatic rings. The van der Waals surface area contributed by atoms with Crippen molar-refractivity contribution in [2.24, 2.45) is 0 Å². The molecule has 0 bridgehead atoms. The Kier molecular flexibility index (Phi) is 10.1. The molecular weight excluding hydrogens is 789 g/mol. The Bertz CT molecular complexity index is 3490. The van der Waals surface area contributed by atoms with Gasteiger partial charge in [0.05, 0.1) is 0 Å². The summed E-state index contributed by atoms with van der Waals surface area (Å²) in [5.74, 6) is 0. The number of benzene rings is 7. The average molecular weight is 821 g/mol. The maximum Gasteiger partial charge on any atom is 0.138 e. The molecule has 0 N–H and O–H groups in total. The smallest absolute Gasteiger partial charge is 0.138 e. The topological polar surface area (TPSA) is 197 Å². The zero-order valence-electron chi connectivity index (χ0n) is 35.6. The third-order valence-corrected chi connectivity index (χ3v) is 12.2. The maximum absolute atomic E-state index is 10.6. The molecule has 0 spiro atoms. The van der Waals surface area contributed by atoms with E-state index in [1.807, 2.05) is 137 Å². The predicted octanol–water partition coefficient (Wildman–Crippen LogP) is 11.1. The molecule has 0 radical (unpaired) electrons. The van der Waals surface area contributed by atoms with Crippen LogP contribution in [0.4, 0.5) is 11.4 Å². The van der Waals surface area contributed by atoms with Gasteiger partial charge in [0.25, 0.3) is 0 Å². The fourth-order valence-electron chi connectivity index (χ4n) is 9.40. The minimum absolute atomic E-state index is 0.158. The first-order valence-electron chi connectivity index (χ1n) is 19.9. The normalized spacial score (nSPS) is 10.5. The van der Waals surface area contributed by atoms with E-state index in [-0.39, 0.29) is 44.6 Å². The summed E-state index contributed by atoms with van der Waals surface area (Å²) < 4.78 is 0. The van der Waals surface area contributed by atoms with Gasteiger partial charge in [-0.25, -0.2) is 0 Å². The molecule has 0 aliphatic rings. The van der Waals surface area contributed by atoms with Gasteiger partial charge in [0, 0.05) is 61.9 Å². The molecule has 0 heterocycles. The molecule has 10 nitrogen and oxygen atoms in total. The molecule has 8 rings (SSSR count). The first-order chi connectivity index (χ1) is 30.9. The Labute approximate surface area is 369 Å². The Morgan fingerprint density at radius 2 is 0.625 bits per heavy atom. The predicted molar refractivity (Wildman–Crippen MR) is 251 cm³/mol. The summed E-state index contributed by atoms with van der Waals surface area (Å²) >= 11 is 0. The molecule has 298 valence electrons. The van der Waals surface area contributed by atoms with E-state index in [9.17, 15) is 42.1 Å². The van der Waals surface area contributed by atoms with Crippen molar-refractivity contribution in [1.82, 2.24) is 0 Å². The van der Waals surface area contributed by atoms with Crippen LogP contribution in [0.1, 0.15) is 33.4 Å². The highest BCUT2D eigenvalue weighted by Gasteiger charge is 2.32. The maximum atomic E-state index is 10.6. The second-order valence-corrected chi connectivity index (χ2v) is 15.8. The number of aryl methyl sites for hydroxylation is 2. The monoisotopic (exact) mass is 820 g/mol. The summed E-state index contributed by atoms with van der Waals surface area (Å²) in [6, 6.07) is 42.7. The summed E-state index contributed by atoms with van der Waals surface area (Å²) in [5.41, 5.74) is 4.74. The Morgan fingerprint density at radius 1 is 0.344 bits per heavy atom. The van der Waals surface area contributed by atoms with Crippen LogP contribution in [0.25, 0.3) is 76.2 Å². The third kappa shape index (κ3) is 5.86. The lowest BCUT2D eigenvalue weighted by Crippen LogP contribution is -2.08. The van der Waals surface area contributed by atoms with E-state index in [1.165, 1.54) is 0 Å². The molecule has 0 unspecified atom stereocenters. The van der Waals surface area contributed by atoms with E-state index in [0.29, 0.717) is 33.0 Å². The number of nitriles is 8. The van der Waals surface area contributed by atoms with Crippen LogP contribution in [0.3, 0.4) is 0 Å². The van der Waals surface area contributed by atoms with Crippen molar-refractivity contribution < 1.29 is 0 Å². The van der Waals surface area contributed by atoms with Crippen molar-refractivity contribution in [1.29, 1.82) is 42.1 Å². The molecule has 0 aromatic heterocycles. The van der Waals surface area contributed by atoms with Crippen molar-refractivity contribution in [2.75, 3.05) is 38.0 Å². The highest BCUT2D eigenvalue weighted by atomic mass is 15.1. The molecule has 0 aliphatic carbocycles. The largest absolute Gasteiger partial charge is 0.378 e. The fourth-order valence-corrected chi connectivity index (χ4v) is 9.40. The van der Waals surface area contributed by atoms with Gasteiger partial charge in [-0.15, -0.1) is 0 Å². The first-order valence-corrected chi connectivity index (χ1v) is 19.9. The molecule has 0 aliphatic heterocycles. The highest BCUT2D eigenvalue weighted by Crippen LogP contribution is 2.55.